The Balaban J connectivity index is 1.73. The molecular weight excluding hydrogens is 342 g/mol. The summed E-state index contributed by atoms with van der Waals surface area (Å²) < 4.78 is 0.965. The van der Waals surface area contributed by atoms with Crippen LogP contribution >= 0.6 is 11.3 Å². The average Bonchev–Trinajstić information content (AvgIpc) is 2.89. The number of benzene rings is 1. The number of amides is 1. The molecule has 0 bridgehead atoms. The molecule has 1 aliphatic heterocycles. The average molecular weight is 370 g/mol. The van der Waals surface area contributed by atoms with Crippen molar-refractivity contribution in [2.45, 2.75) is 58.8 Å². The lowest BCUT2D eigenvalue weighted by Gasteiger charge is -2.30. The fourth-order valence-corrected chi connectivity index (χ4v) is 5.75. The number of fused-ring (bicyclic) bond motifs is 2. The smallest absolute Gasteiger partial charge is 0.253 e. The number of carbonyl (C=O) groups is 1. The van der Waals surface area contributed by atoms with Crippen LogP contribution in [0.4, 0.5) is 0 Å². The Morgan fingerprint density at radius 2 is 1.85 bits per heavy atom. The molecule has 1 aliphatic carbocycles. The maximum Gasteiger partial charge on any atom is 0.253 e. The molecule has 3 nitrogen and oxygen atoms in total. The van der Waals surface area contributed by atoms with E-state index in [1.54, 1.807) is 11.3 Å². The first kappa shape index (κ1) is 17.7. The van der Waals surface area contributed by atoms with E-state index >= 15 is 0 Å². The molecule has 26 heavy (non-hydrogen) atoms. The second-order valence-corrected chi connectivity index (χ2v) is 9.73. The molecule has 2 aromatic rings. The summed E-state index contributed by atoms with van der Waals surface area (Å²) >= 11 is 1.72. The van der Waals surface area contributed by atoms with Gasteiger partial charge in [-0.25, -0.2) is 0 Å². The molecule has 1 amide bonds. The van der Waals surface area contributed by atoms with Gasteiger partial charge in [0.1, 0.15) is 0 Å². The molecule has 0 atom stereocenters. The van der Waals surface area contributed by atoms with E-state index in [2.05, 4.69) is 13.8 Å². The van der Waals surface area contributed by atoms with Crippen molar-refractivity contribution in [3.8, 4) is 0 Å². The quantitative estimate of drug-likeness (QED) is 0.724. The van der Waals surface area contributed by atoms with Crippen LogP contribution in [-0.4, -0.2) is 23.9 Å². The van der Waals surface area contributed by atoms with E-state index in [-0.39, 0.29) is 16.8 Å². The van der Waals surface area contributed by atoms with Gasteiger partial charge in [0.05, 0.1) is 0 Å². The Morgan fingerprint density at radius 3 is 2.58 bits per heavy atom. The Labute approximate surface area is 159 Å². The van der Waals surface area contributed by atoms with Crippen LogP contribution in [0.5, 0.6) is 0 Å². The van der Waals surface area contributed by atoms with E-state index in [4.69, 9.17) is 0 Å². The molecule has 2 aliphatic rings. The van der Waals surface area contributed by atoms with Crippen LogP contribution < -0.4 is 5.43 Å². The second-order valence-electron chi connectivity index (χ2n) is 8.59. The monoisotopic (exact) mass is 369 g/mol. The zero-order valence-corrected chi connectivity index (χ0v) is 16.6. The van der Waals surface area contributed by atoms with E-state index in [1.165, 1.54) is 17.7 Å². The van der Waals surface area contributed by atoms with Gasteiger partial charge in [0.25, 0.3) is 5.91 Å². The van der Waals surface area contributed by atoms with Gasteiger partial charge in [0, 0.05) is 39.2 Å². The fourth-order valence-electron chi connectivity index (χ4n) is 4.25. The standard InChI is InChI=1S/C22H27NO2S/c1-22(2)10-9-17-19(14-22)26-18-13-15(7-8-16(18)20(17)24)21(25)23-11-5-3-4-6-12-23/h7-8,13H,3-6,9-12,14H2,1-2H3. The second kappa shape index (κ2) is 6.80. The Hall–Kier alpha value is -1.68. The van der Waals surface area contributed by atoms with Crippen molar-refractivity contribution in [2.24, 2.45) is 5.41 Å². The number of rotatable bonds is 1. The predicted molar refractivity (Wildman–Crippen MR) is 108 cm³/mol. The molecule has 1 aromatic heterocycles. The maximum atomic E-state index is 12.9. The highest BCUT2D eigenvalue weighted by molar-refractivity contribution is 7.18. The van der Waals surface area contributed by atoms with Crippen molar-refractivity contribution >= 4 is 27.3 Å². The first-order valence-corrected chi connectivity index (χ1v) is 10.6. The van der Waals surface area contributed by atoms with Crippen molar-refractivity contribution < 1.29 is 4.79 Å². The summed E-state index contributed by atoms with van der Waals surface area (Å²) in [6.07, 6.45) is 7.52. The molecular formula is C22H27NO2S. The van der Waals surface area contributed by atoms with Crippen LogP contribution in [0, 0.1) is 5.41 Å². The highest BCUT2D eigenvalue weighted by atomic mass is 32.1. The third-order valence-corrected chi connectivity index (χ3v) is 7.10. The van der Waals surface area contributed by atoms with Gasteiger partial charge in [-0.05, 0) is 55.7 Å². The van der Waals surface area contributed by atoms with Crippen LogP contribution in [0.1, 0.15) is 66.8 Å². The molecule has 0 N–H and O–H groups in total. The summed E-state index contributed by atoms with van der Waals surface area (Å²) in [6, 6.07) is 5.68. The number of hydrogen-bond donors (Lipinski definition) is 0. The summed E-state index contributed by atoms with van der Waals surface area (Å²) in [5.74, 6) is 0.117. The van der Waals surface area contributed by atoms with E-state index in [1.807, 2.05) is 23.1 Å². The lowest BCUT2D eigenvalue weighted by molar-refractivity contribution is 0.0762. The molecule has 1 fully saturated rings. The van der Waals surface area contributed by atoms with Crippen molar-refractivity contribution in [3.63, 3.8) is 0 Å². The molecule has 2 heterocycles. The Kier molecular flexibility index (Phi) is 4.64. The number of likely N-dealkylation sites (tertiary alicyclic amines) is 1. The summed E-state index contributed by atoms with van der Waals surface area (Å²) in [6.45, 7) is 6.25. The van der Waals surface area contributed by atoms with E-state index in [0.717, 1.165) is 66.4 Å². The van der Waals surface area contributed by atoms with Crippen LogP contribution in [0.15, 0.2) is 23.0 Å². The van der Waals surface area contributed by atoms with Gasteiger partial charge in [0.15, 0.2) is 5.43 Å². The maximum absolute atomic E-state index is 12.9. The van der Waals surface area contributed by atoms with Gasteiger partial charge < -0.3 is 4.90 Å². The summed E-state index contributed by atoms with van der Waals surface area (Å²) in [5, 5.41) is 0.779. The minimum atomic E-state index is 0.117. The van der Waals surface area contributed by atoms with E-state index < -0.39 is 0 Å². The Morgan fingerprint density at radius 1 is 1.12 bits per heavy atom. The molecule has 1 saturated heterocycles. The van der Waals surface area contributed by atoms with Gasteiger partial charge in [0.2, 0.25) is 0 Å². The number of nitrogens with zero attached hydrogens (tertiary/aromatic N) is 1. The minimum Gasteiger partial charge on any atom is -0.339 e. The highest BCUT2D eigenvalue weighted by Gasteiger charge is 2.28. The van der Waals surface area contributed by atoms with Crippen LogP contribution in [0.3, 0.4) is 0 Å². The largest absolute Gasteiger partial charge is 0.339 e. The lowest BCUT2D eigenvalue weighted by Crippen LogP contribution is -2.31. The first-order chi connectivity index (χ1) is 12.4. The highest BCUT2D eigenvalue weighted by Crippen LogP contribution is 2.37. The fraction of sp³-hybridized carbons (Fsp3) is 0.545. The van der Waals surface area contributed by atoms with Crippen molar-refractivity contribution in [2.75, 3.05) is 13.1 Å². The summed E-state index contributed by atoms with van der Waals surface area (Å²) in [4.78, 5) is 29.1. The topological polar surface area (TPSA) is 37.4 Å². The normalized spacial score (nSPS) is 19.8. The molecule has 4 heteroatoms. The van der Waals surface area contributed by atoms with Gasteiger partial charge in [-0.15, -0.1) is 11.3 Å². The Bertz CT molecular complexity index is 904. The lowest BCUT2D eigenvalue weighted by atomic mass is 9.77. The van der Waals surface area contributed by atoms with Gasteiger partial charge >= 0.3 is 0 Å². The van der Waals surface area contributed by atoms with Crippen molar-refractivity contribution in [1.29, 1.82) is 0 Å². The molecule has 0 spiro atoms. The molecule has 138 valence electrons. The van der Waals surface area contributed by atoms with Crippen molar-refractivity contribution in [1.82, 2.24) is 4.90 Å². The molecule has 1 aromatic carbocycles. The van der Waals surface area contributed by atoms with E-state index in [0.29, 0.717) is 0 Å². The minimum absolute atomic E-state index is 0.117. The molecule has 4 rings (SSSR count). The van der Waals surface area contributed by atoms with E-state index in [9.17, 15) is 9.59 Å². The molecule has 0 unspecified atom stereocenters. The number of hydrogen-bond acceptors (Lipinski definition) is 3. The van der Waals surface area contributed by atoms with Gasteiger partial charge in [-0.3, -0.25) is 9.59 Å². The first-order valence-electron chi connectivity index (χ1n) is 9.82. The third kappa shape index (κ3) is 3.32. The number of carbonyl (C=O) groups excluding carboxylic acids is 1. The summed E-state index contributed by atoms with van der Waals surface area (Å²) in [7, 11) is 0. The van der Waals surface area contributed by atoms with Crippen LogP contribution in [-0.2, 0) is 12.8 Å². The van der Waals surface area contributed by atoms with Crippen molar-refractivity contribution in [3.05, 3.63) is 44.4 Å². The SMILES string of the molecule is CC1(C)CCc2c(sc3cc(C(=O)N4CCCCCC4)ccc3c2=O)C1. The third-order valence-electron chi connectivity index (χ3n) is 5.90. The zero-order chi connectivity index (χ0) is 18.3. The van der Waals surface area contributed by atoms with Gasteiger partial charge in [-0.1, -0.05) is 26.7 Å². The molecule has 0 radical (unpaired) electrons. The van der Waals surface area contributed by atoms with Crippen LogP contribution in [0.2, 0.25) is 0 Å². The summed E-state index contributed by atoms with van der Waals surface area (Å²) in [5.41, 5.74) is 2.17. The molecule has 0 saturated carbocycles. The van der Waals surface area contributed by atoms with Crippen LogP contribution in [0.25, 0.3) is 10.1 Å². The van der Waals surface area contributed by atoms with Gasteiger partial charge in [-0.2, -0.15) is 0 Å². The zero-order valence-electron chi connectivity index (χ0n) is 15.8. The predicted octanol–water partition coefficient (Wildman–Crippen LogP) is 4.79.